The summed E-state index contributed by atoms with van der Waals surface area (Å²) in [6.45, 7) is 5.30. The first-order chi connectivity index (χ1) is 7.13. The van der Waals surface area contributed by atoms with E-state index in [1.807, 2.05) is 19.4 Å². The average Bonchev–Trinajstić information content (AvgIpc) is 2.58. The van der Waals surface area contributed by atoms with Crippen LogP contribution < -0.4 is 5.32 Å². The summed E-state index contributed by atoms with van der Waals surface area (Å²) in [5.74, 6) is 0.462. The quantitative estimate of drug-likeness (QED) is 0.723. The van der Waals surface area contributed by atoms with Crippen LogP contribution in [0.25, 0.3) is 0 Å². The Kier molecular flexibility index (Phi) is 4.78. The van der Waals surface area contributed by atoms with Crippen molar-refractivity contribution in [2.75, 3.05) is 13.2 Å². The van der Waals surface area contributed by atoms with Gasteiger partial charge in [-0.3, -0.25) is 4.68 Å². The topological polar surface area (TPSA) is 50.1 Å². The lowest BCUT2D eigenvalue weighted by atomic mass is 10.1. The molecule has 0 radical (unpaired) electrons. The second kappa shape index (κ2) is 5.88. The standard InChI is InChI=1S/C11H21N3O/c1-9(2)11(8-15)12-5-4-10-6-13-14(3)7-10/h6-7,9,11-12,15H,4-5,8H2,1-3H3. The van der Waals surface area contributed by atoms with Crippen molar-refractivity contribution in [3.05, 3.63) is 18.0 Å². The fraction of sp³-hybridized carbons (Fsp3) is 0.727. The van der Waals surface area contributed by atoms with E-state index in [4.69, 9.17) is 5.11 Å². The Balaban J connectivity index is 2.26. The zero-order valence-corrected chi connectivity index (χ0v) is 9.77. The molecule has 2 N–H and O–H groups in total. The first-order valence-corrected chi connectivity index (χ1v) is 5.45. The summed E-state index contributed by atoms with van der Waals surface area (Å²) < 4.78 is 1.81. The fourth-order valence-corrected chi connectivity index (χ4v) is 1.51. The van der Waals surface area contributed by atoms with Gasteiger partial charge in [-0.1, -0.05) is 13.8 Å². The van der Waals surface area contributed by atoms with Crippen molar-refractivity contribution in [3.8, 4) is 0 Å². The van der Waals surface area contributed by atoms with Crippen molar-refractivity contribution < 1.29 is 5.11 Å². The maximum absolute atomic E-state index is 9.12. The smallest absolute Gasteiger partial charge is 0.0587 e. The molecular weight excluding hydrogens is 190 g/mol. The molecule has 1 heterocycles. The van der Waals surface area contributed by atoms with Gasteiger partial charge in [0.2, 0.25) is 0 Å². The van der Waals surface area contributed by atoms with Gasteiger partial charge in [0, 0.05) is 19.3 Å². The van der Waals surface area contributed by atoms with Gasteiger partial charge in [0.05, 0.1) is 12.8 Å². The van der Waals surface area contributed by atoms with E-state index in [9.17, 15) is 0 Å². The van der Waals surface area contributed by atoms with E-state index in [-0.39, 0.29) is 12.6 Å². The highest BCUT2D eigenvalue weighted by molar-refractivity contribution is 5.03. The van der Waals surface area contributed by atoms with Crippen molar-refractivity contribution >= 4 is 0 Å². The van der Waals surface area contributed by atoms with Crippen molar-refractivity contribution in [1.29, 1.82) is 0 Å². The second-order valence-electron chi connectivity index (χ2n) is 4.26. The molecular formula is C11H21N3O. The molecule has 1 aromatic rings. The predicted molar refractivity (Wildman–Crippen MR) is 60.6 cm³/mol. The number of hydrogen-bond donors (Lipinski definition) is 2. The SMILES string of the molecule is CC(C)C(CO)NCCc1cnn(C)c1. The molecule has 0 aliphatic heterocycles. The Morgan fingerprint density at radius 3 is 2.73 bits per heavy atom. The number of nitrogens with one attached hydrogen (secondary N) is 1. The van der Waals surface area contributed by atoms with E-state index in [1.54, 1.807) is 4.68 Å². The van der Waals surface area contributed by atoms with Crippen LogP contribution in [0.15, 0.2) is 12.4 Å². The van der Waals surface area contributed by atoms with Crippen molar-refractivity contribution in [2.24, 2.45) is 13.0 Å². The van der Waals surface area contributed by atoms with E-state index in [1.165, 1.54) is 5.56 Å². The van der Waals surface area contributed by atoms with Crippen molar-refractivity contribution in [2.45, 2.75) is 26.3 Å². The molecule has 0 bridgehead atoms. The van der Waals surface area contributed by atoms with Crippen LogP contribution in [0, 0.1) is 5.92 Å². The van der Waals surface area contributed by atoms with E-state index in [2.05, 4.69) is 24.3 Å². The molecule has 0 aliphatic carbocycles. The summed E-state index contributed by atoms with van der Waals surface area (Å²) in [5.41, 5.74) is 1.23. The number of aromatic nitrogens is 2. The molecule has 0 aliphatic rings. The summed E-state index contributed by atoms with van der Waals surface area (Å²) >= 11 is 0. The molecule has 4 nitrogen and oxygen atoms in total. The van der Waals surface area contributed by atoms with E-state index < -0.39 is 0 Å². The predicted octanol–water partition coefficient (Wildman–Crippen LogP) is 0.569. The number of aliphatic hydroxyl groups is 1. The number of aryl methyl sites for hydroxylation is 1. The molecule has 4 heteroatoms. The maximum atomic E-state index is 9.12. The van der Waals surface area contributed by atoms with Gasteiger partial charge < -0.3 is 10.4 Å². The lowest BCUT2D eigenvalue weighted by Crippen LogP contribution is -2.38. The number of nitrogens with zero attached hydrogens (tertiary/aromatic N) is 2. The van der Waals surface area contributed by atoms with Crippen molar-refractivity contribution in [1.82, 2.24) is 15.1 Å². The van der Waals surface area contributed by atoms with Gasteiger partial charge in [-0.2, -0.15) is 5.10 Å². The lowest BCUT2D eigenvalue weighted by molar-refractivity contribution is 0.212. The summed E-state index contributed by atoms with van der Waals surface area (Å²) in [7, 11) is 1.92. The molecule has 86 valence electrons. The third-order valence-electron chi connectivity index (χ3n) is 2.58. The van der Waals surface area contributed by atoms with E-state index in [0.717, 1.165) is 13.0 Å². The van der Waals surface area contributed by atoms with Gasteiger partial charge in [0.1, 0.15) is 0 Å². The van der Waals surface area contributed by atoms with Gasteiger partial charge in [-0.05, 0) is 24.4 Å². The van der Waals surface area contributed by atoms with Gasteiger partial charge in [-0.25, -0.2) is 0 Å². The number of aliphatic hydroxyl groups excluding tert-OH is 1. The molecule has 1 unspecified atom stereocenters. The van der Waals surface area contributed by atoms with Crippen LogP contribution in [-0.2, 0) is 13.5 Å². The molecule has 0 fully saturated rings. The third kappa shape index (κ3) is 4.01. The van der Waals surface area contributed by atoms with Gasteiger partial charge in [-0.15, -0.1) is 0 Å². The Morgan fingerprint density at radius 1 is 1.53 bits per heavy atom. The summed E-state index contributed by atoms with van der Waals surface area (Å²) in [6.07, 6.45) is 4.85. The molecule has 0 saturated heterocycles. The third-order valence-corrected chi connectivity index (χ3v) is 2.58. The maximum Gasteiger partial charge on any atom is 0.0587 e. The highest BCUT2D eigenvalue weighted by Crippen LogP contribution is 2.01. The normalized spacial score (nSPS) is 13.4. The minimum absolute atomic E-state index is 0.196. The summed E-state index contributed by atoms with van der Waals surface area (Å²) in [4.78, 5) is 0. The molecule has 15 heavy (non-hydrogen) atoms. The van der Waals surface area contributed by atoms with Crippen LogP contribution in [0.1, 0.15) is 19.4 Å². The molecule has 0 amide bonds. The minimum atomic E-state index is 0.196. The summed E-state index contributed by atoms with van der Waals surface area (Å²) in [6, 6.07) is 0.196. The first kappa shape index (κ1) is 12.2. The highest BCUT2D eigenvalue weighted by Gasteiger charge is 2.10. The van der Waals surface area contributed by atoms with Gasteiger partial charge >= 0.3 is 0 Å². The van der Waals surface area contributed by atoms with Gasteiger partial charge in [0.25, 0.3) is 0 Å². The molecule has 1 aromatic heterocycles. The highest BCUT2D eigenvalue weighted by atomic mass is 16.3. The zero-order chi connectivity index (χ0) is 11.3. The Labute approximate surface area is 91.3 Å². The average molecular weight is 211 g/mol. The van der Waals surface area contributed by atoms with Crippen LogP contribution in [0.4, 0.5) is 0 Å². The van der Waals surface area contributed by atoms with E-state index >= 15 is 0 Å². The Morgan fingerprint density at radius 2 is 2.27 bits per heavy atom. The largest absolute Gasteiger partial charge is 0.395 e. The Bertz CT molecular complexity index is 283. The molecule has 0 spiro atoms. The number of rotatable bonds is 6. The van der Waals surface area contributed by atoms with Crippen LogP contribution >= 0.6 is 0 Å². The van der Waals surface area contributed by atoms with Crippen LogP contribution in [0.3, 0.4) is 0 Å². The van der Waals surface area contributed by atoms with Crippen molar-refractivity contribution in [3.63, 3.8) is 0 Å². The zero-order valence-electron chi connectivity index (χ0n) is 9.77. The van der Waals surface area contributed by atoms with Crippen LogP contribution in [0.5, 0.6) is 0 Å². The Hall–Kier alpha value is -0.870. The molecule has 0 aromatic carbocycles. The van der Waals surface area contributed by atoms with Crippen LogP contribution in [0.2, 0.25) is 0 Å². The van der Waals surface area contributed by atoms with E-state index in [0.29, 0.717) is 5.92 Å². The molecule has 0 saturated carbocycles. The molecule has 1 rings (SSSR count). The first-order valence-electron chi connectivity index (χ1n) is 5.45. The minimum Gasteiger partial charge on any atom is -0.395 e. The summed E-state index contributed by atoms with van der Waals surface area (Å²) in [5, 5.41) is 16.6. The second-order valence-corrected chi connectivity index (χ2v) is 4.26. The fourth-order valence-electron chi connectivity index (χ4n) is 1.51. The monoisotopic (exact) mass is 211 g/mol. The molecule has 1 atom stereocenters. The van der Waals surface area contributed by atoms with Crippen LogP contribution in [-0.4, -0.2) is 34.1 Å². The lowest BCUT2D eigenvalue weighted by Gasteiger charge is -2.19. The van der Waals surface area contributed by atoms with Gasteiger partial charge in [0.15, 0.2) is 0 Å². The number of hydrogen-bond acceptors (Lipinski definition) is 3.